The number of rotatable bonds is 5. The van der Waals surface area contributed by atoms with Gasteiger partial charge in [-0.15, -0.1) is 11.3 Å². The molecule has 18 heavy (non-hydrogen) atoms. The third kappa shape index (κ3) is 3.74. The third-order valence-corrected chi connectivity index (χ3v) is 5.80. The van der Waals surface area contributed by atoms with Gasteiger partial charge in [0.15, 0.2) is 0 Å². The van der Waals surface area contributed by atoms with E-state index in [1.165, 1.54) is 15.6 Å². The van der Waals surface area contributed by atoms with Crippen molar-refractivity contribution in [2.45, 2.75) is 19.4 Å². The zero-order chi connectivity index (χ0) is 13.0. The Hall–Kier alpha value is -0.500. The minimum Gasteiger partial charge on any atom is -0.316 e. The predicted octanol–water partition coefficient (Wildman–Crippen LogP) is 0.904. The van der Waals surface area contributed by atoms with Gasteiger partial charge in [-0.2, -0.15) is 4.31 Å². The van der Waals surface area contributed by atoms with Gasteiger partial charge in [-0.05, 0) is 31.8 Å². The summed E-state index contributed by atoms with van der Waals surface area (Å²) in [6, 6.07) is 0. The number of piperidine rings is 1. The molecule has 1 aliphatic rings. The van der Waals surface area contributed by atoms with Crippen LogP contribution in [0.4, 0.5) is 0 Å². The Morgan fingerprint density at radius 2 is 2.44 bits per heavy atom. The molecule has 5 nitrogen and oxygen atoms in total. The first-order chi connectivity index (χ1) is 8.58. The number of hydrogen-bond acceptors (Lipinski definition) is 5. The van der Waals surface area contributed by atoms with Gasteiger partial charge in [0, 0.05) is 12.4 Å². The monoisotopic (exact) mass is 289 g/mol. The van der Waals surface area contributed by atoms with Gasteiger partial charge in [0.1, 0.15) is 0 Å². The lowest BCUT2D eigenvalue weighted by Gasteiger charge is -2.25. The molecule has 0 spiro atoms. The van der Waals surface area contributed by atoms with Gasteiger partial charge in [0.2, 0.25) is 10.0 Å². The van der Waals surface area contributed by atoms with Crippen LogP contribution in [0.1, 0.15) is 18.5 Å². The minimum atomic E-state index is -3.18. The van der Waals surface area contributed by atoms with Crippen molar-refractivity contribution >= 4 is 21.4 Å². The molecule has 0 aliphatic carbocycles. The van der Waals surface area contributed by atoms with Crippen LogP contribution in [0.2, 0.25) is 0 Å². The number of aromatic nitrogens is 1. The van der Waals surface area contributed by atoms with Crippen molar-refractivity contribution in [1.82, 2.24) is 14.6 Å². The summed E-state index contributed by atoms with van der Waals surface area (Å²) in [6.07, 6.45) is 2.06. The van der Waals surface area contributed by atoms with E-state index in [9.17, 15) is 8.42 Å². The van der Waals surface area contributed by atoms with Crippen LogP contribution in [-0.4, -0.2) is 43.6 Å². The van der Waals surface area contributed by atoms with E-state index in [0.717, 1.165) is 31.6 Å². The van der Waals surface area contributed by atoms with Gasteiger partial charge < -0.3 is 5.32 Å². The molecule has 7 heteroatoms. The van der Waals surface area contributed by atoms with Crippen molar-refractivity contribution in [2.24, 2.45) is 5.92 Å². The van der Waals surface area contributed by atoms with E-state index in [4.69, 9.17) is 0 Å². The van der Waals surface area contributed by atoms with E-state index >= 15 is 0 Å². The van der Waals surface area contributed by atoms with Crippen molar-refractivity contribution in [3.05, 3.63) is 16.6 Å². The number of sulfonamides is 1. The van der Waals surface area contributed by atoms with E-state index in [1.54, 1.807) is 12.6 Å². The van der Waals surface area contributed by atoms with Gasteiger partial charge in [0.25, 0.3) is 0 Å². The van der Waals surface area contributed by atoms with Crippen LogP contribution in [-0.2, 0) is 16.6 Å². The lowest BCUT2D eigenvalue weighted by atomic mass is 10.0. The molecule has 1 atom stereocenters. The molecule has 1 aliphatic heterocycles. The van der Waals surface area contributed by atoms with E-state index in [-0.39, 0.29) is 11.7 Å². The third-order valence-electron chi connectivity index (χ3n) is 3.19. The summed E-state index contributed by atoms with van der Waals surface area (Å²) >= 11 is 1.49. The van der Waals surface area contributed by atoms with Gasteiger partial charge in [-0.25, -0.2) is 13.4 Å². The molecule has 0 saturated carbocycles. The molecule has 1 unspecified atom stereocenters. The summed E-state index contributed by atoms with van der Waals surface area (Å²) in [7, 11) is -1.55. The molecule has 0 aromatic carbocycles. The summed E-state index contributed by atoms with van der Waals surface area (Å²) in [6.45, 7) is 2.18. The average Bonchev–Trinajstić information content (AvgIpc) is 2.82. The largest absolute Gasteiger partial charge is 0.316 e. The van der Waals surface area contributed by atoms with Crippen LogP contribution in [0.25, 0.3) is 0 Å². The summed E-state index contributed by atoms with van der Waals surface area (Å²) in [4.78, 5) is 4.12. The molecule has 0 amide bonds. The fraction of sp³-hybridized carbons (Fsp3) is 0.727. The van der Waals surface area contributed by atoms with Crippen LogP contribution in [0, 0.1) is 5.92 Å². The summed E-state index contributed by atoms with van der Waals surface area (Å²) in [5.41, 5.74) is 2.54. The van der Waals surface area contributed by atoms with Crippen LogP contribution < -0.4 is 5.32 Å². The van der Waals surface area contributed by atoms with E-state index < -0.39 is 10.0 Å². The van der Waals surface area contributed by atoms with E-state index in [2.05, 4.69) is 10.3 Å². The quantitative estimate of drug-likeness (QED) is 0.875. The van der Waals surface area contributed by atoms with Gasteiger partial charge in [0.05, 0.1) is 23.5 Å². The van der Waals surface area contributed by atoms with Crippen LogP contribution in [0.5, 0.6) is 0 Å². The van der Waals surface area contributed by atoms with Gasteiger partial charge >= 0.3 is 0 Å². The van der Waals surface area contributed by atoms with Crippen molar-refractivity contribution in [1.29, 1.82) is 0 Å². The van der Waals surface area contributed by atoms with Crippen LogP contribution >= 0.6 is 11.3 Å². The number of nitrogens with one attached hydrogen (secondary N) is 1. The topological polar surface area (TPSA) is 62.3 Å². The van der Waals surface area contributed by atoms with E-state index in [0.29, 0.717) is 6.54 Å². The van der Waals surface area contributed by atoms with Crippen molar-refractivity contribution in [3.8, 4) is 0 Å². The van der Waals surface area contributed by atoms with Crippen molar-refractivity contribution < 1.29 is 8.42 Å². The second-order valence-electron chi connectivity index (χ2n) is 4.73. The molecule has 1 aromatic heterocycles. The zero-order valence-electron chi connectivity index (χ0n) is 10.5. The second-order valence-corrected chi connectivity index (χ2v) is 7.57. The first-order valence-corrected chi connectivity index (χ1v) is 8.65. The first kappa shape index (κ1) is 13.9. The molecule has 1 saturated heterocycles. The highest BCUT2D eigenvalue weighted by atomic mass is 32.2. The highest BCUT2D eigenvalue weighted by Gasteiger charge is 2.25. The smallest absolute Gasteiger partial charge is 0.214 e. The molecular weight excluding hydrogens is 270 g/mol. The SMILES string of the molecule is CN(Cc1cscn1)S(=O)(=O)CC1CCCNC1. The molecule has 1 fully saturated rings. The summed E-state index contributed by atoms with van der Waals surface area (Å²) in [5, 5.41) is 5.13. The Bertz CT molecular complexity index is 453. The molecule has 0 bridgehead atoms. The highest BCUT2D eigenvalue weighted by Crippen LogP contribution is 2.16. The van der Waals surface area contributed by atoms with Gasteiger partial charge in [-0.3, -0.25) is 0 Å². The Kier molecular flexibility index (Phi) is 4.71. The number of nitrogens with zero attached hydrogens (tertiary/aromatic N) is 2. The highest BCUT2D eigenvalue weighted by molar-refractivity contribution is 7.89. The predicted molar refractivity (Wildman–Crippen MR) is 73.0 cm³/mol. The maximum absolute atomic E-state index is 12.2. The zero-order valence-corrected chi connectivity index (χ0v) is 12.1. The number of hydrogen-bond donors (Lipinski definition) is 1. The number of thiazole rings is 1. The Morgan fingerprint density at radius 3 is 3.06 bits per heavy atom. The van der Waals surface area contributed by atoms with Crippen LogP contribution in [0.15, 0.2) is 10.9 Å². The standard InChI is InChI=1S/C11H19N3O2S2/c1-14(6-11-7-17-9-13-11)18(15,16)8-10-3-2-4-12-5-10/h7,9-10,12H,2-6,8H2,1H3. The Labute approximate surface area is 112 Å². The fourth-order valence-electron chi connectivity index (χ4n) is 2.13. The Morgan fingerprint density at radius 1 is 1.61 bits per heavy atom. The van der Waals surface area contributed by atoms with Crippen molar-refractivity contribution in [2.75, 3.05) is 25.9 Å². The summed E-state index contributed by atoms with van der Waals surface area (Å²) < 4.78 is 25.8. The normalized spacial score (nSPS) is 21.3. The molecular formula is C11H19N3O2S2. The van der Waals surface area contributed by atoms with Crippen LogP contribution in [0.3, 0.4) is 0 Å². The molecule has 102 valence electrons. The maximum atomic E-state index is 12.2. The average molecular weight is 289 g/mol. The van der Waals surface area contributed by atoms with E-state index in [1.807, 2.05) is 5.38 Å². The van der Waals surface area contributed by atoms with Crippen molar-refractivity contribution in [3.63, 3.8) is 0 Å². The Balaban J connectivity index is 1.92. The lowest BCUT2D eigenvalue weighted by molar-refractivity contribution is 0.390. The maximum Gasteiger partial charge on any atom is 0.214 e. The minimum absolute atomic E-state index is 0.237. The summed E-state index contributed by atoms with van der Waals surface area (Å²) in [5.74, 6) is 0.474. The first-order valence-electron chi connectivity index (χ1n) is 6.10. The molecule has 2 rings (SSSR count). The molecule has 0 radical (unpaired) electrons. The lowest BCUT2D eigenvalue weighted by Crippen LogP contribution is -2.38. The molecule has 2 heterocycles. The second kappa shape index (κ2) is 6.10. The van der Waals surface area contributed by atoms with Gasteiger partial charge in [-0.1, -0.05) is 0 Å². The molecule has 1 aromatic rings. The fourth-order valence-corrected chi connectivity index (χ4v) is 4.15. The molecule has 1 N–H and O–H groups in total.